The van der Waals surface area contributed by atoms with Crippen LogP contribution < -0.4 is 0 Å². The first-order chi connectivity index (χ1) is 8.06. The smallest absolute Gasteiger partial charge is 0.165 e. The molecule has 0 aromatic heterocycles. The van der Waals surface area contributed by atoms with Crippen LogP contribution in [0.25, 0.3) is 0 Å². The molecule has 0 amide bonds. The third kappa shape index (κ3) is 2.96. The Morgan fingerprint density at radius 1 is 1.47 bits per heavy atom. The Labute approximate surface area is 101 Å². The molecular weight excluding hydrogens is 219 g/mol. The van der Waals surface area contributed by atoms with Crippen LogP contribution in [0.3, 0.4) is 0 Å². The molecule has 94 valence electrons. The monoisotopic (exact) mass is 238 g/mol. The summed E-state index contributed by atoms with van der Waals surface area (Å²) >= 11 is 0. The molecule has 3 nitrogen and oxygen atoms in total. The van der Waals surface area contributed by atoms with Gasteiger partial charge in [-0.05, 0) is 38.2 Å². The fourth-order valence-corrected chi connectivity index (χ4v) is 2.28. The highest BCUT2D eigenvalue weighted by molar-refractivity contribution is 5.28. The van der Waals surface area contributed by atoms with Gasteiger partial charge in [0.25, 0.3) is 0 Å². The minimum atomic E-state index is -0.536. The van der Waals surface area contributed by atoms with E-state index in [-0.39, 0.29) is 5.75 Å². The van der Waals surface area contributed by atoms with E-state index in [1.165, 1.54) is 12.1 Å². The van der Waals surface area contributed by atoms with Gasteiger partial charge in [-0.1, -0.05) is 6.07 Å². The Balaban J connectivity index is 1.96. The number of nitrogens with zero attached hydrogens (tertiary/aromatic N) is 2. The van der Waals surface area contributed by atoms with E-state index in [2.05, 4.69) is 23.9 Å². The van der Waals surface area contributed by atoms with Crippen molar-refractivity contribution in [1.82, 2.24) is 9.80 Å². The number of phenols is 1. The summed E-state index contributed by atoms with van der Waals surface area (Å²) < 4.78 is 13.2. The first-order valence-electron chi connectivity index (χ1n) is 5.92. The van der Waals surface area contributed by atoms with Crippen molar-refractivity contribution < 1.29 is 9.50 Å². The first kappa shape index (κ1) is 12.3. The van der Waals surface area contributed by atoms with E-state index in [1.54, 1.807) is 6.07 Å². The number of likely N-dealkylation sites (N-methyl/N-ethyl adjacent to an activating group) is 1. The average Bonchev–Trinajstić information content (AvgIpc) is 2.72. The van der Waals surface area contributed by atoms with Crippen LogP contribution in [0.1, 0.15) is 12.0 Å². The predicted molar refractivity (Wildman–Crippen MR) is 65.4 cm³/mol. The SMILES string of the molecule is CN(C)C1CCN(Cc2ccc(O)c(F)c2)C1. The summed E-state index contributed by atoms with van der Waals surface area (Å²) in [6.07, 6.45) is 1.16. The van der Waals surface area contributed by atoms with E-state index in [4.69, 9.17) is 5.11 Å². The van der Waals surface area contributed by atoms with Crippen molar-refractivity contribution in [2.45, 2.75) is 19.0 Å². The van der Waals surface area contributed by atoms with Crippen LogP contribution in [-0.2, 0) is 6.54 Å². The summed E-state index contributed by atoms with van der Waals surface area (Å²) in [5.41, 5.74) is 0.916. The highest BCUT2D eigenvalue weighted by Crippen LogP contribution is 2.20. The molecule has 1 N–H and O–H groups in total. The lowest BCUT2D eigenvalue weighted by Crippen LogP contribution is -2.31. The van der Waals surface area contributed by atoms with E-state index >= 15 is 0 Å². The van der Waals surface area contributed by atoms with Crippen molar-refractivity contribution >= 4 is 0 Å². The lowest BCUT2D eigenvalue weighted by Gasteiger charge is -2.20. The molecule has 1 aliphatic rings. The number of likely N-dealkylation sites (tertiary alicyclic amines) is 1. The standard InChI is InChI=1S/C13H19FN2O/c1-15(2)11-5-6-16(9-11)8-10-3-4-13(17)12(14)7-10/h3-4,7,11,17H,5-6,8-9H2,1-2H3. The highest BCUT2D eigenvalue weighted by atomic mass is 19.1. The molecule has 0 saturated carbocycles. The van der Waals surface area contributed by atoms with Crippen LogP contribution in [0.2, 0.25) is 0 Å². The number of hydrogen-bond acceptors (Lipinski definition) is 3. The summed E-state index contributed by atoms with van der Waals surface area (Å²) in [7, 11) is 4.18. The number of phenolic OH excluding ortho intramolecular Hbond substituents is 1. The van der Waals surface area contributed by atoms with Gasteiger partial charge in [0.1, 0.15) is 0 Å². The van der Waals surface area contributed by atoms with Crippen molar-refractivity contribution in [2.75, 3.05) is 27.2 Å². The Kier molecular flexibility index (Phi) is 3.64. The van der Waals surface area contributed by atoms with Crippen LogP contribution in [-0.4, -0.2) is 48.1 Å². The molecule has 1 aliphatic heterocycles. The molecule has 1 aromatic rings. The Morgan fingerprint density at radius 3 is 2.82 bits per heavy atom. The van der Waals surface area contributed by atoms with Gasteiger partial charge in [0.05, 0.1) is 0 Å². The van der Waals surface area contributed by atoms with Gasteiger partial charge >= 0.3 is 0 Å². The normalized spacial score (nSPS) is 21.3. The quantitative estimate of drug-likeness (QED) is 0.867. The van der Waals surface area contributed by atoms with E-state index in [9.17, 15) is 4.39 Å². The van der Waals surface area contributed by atoms with Crippen LogP contribution in [0, 0.1) is 5.82 Å². The molecule has 1 heterocycles. The van der Waals surface area contributed by atoms with Crippen molar-refractivity contribution in [2.24, 2.45) is 0 Å². The van der Waals surface area contributed by atoms with Gasteiger partial charge in [0, 0.05) is 25.7 Å². The largest absolute Gasteiger partial charge is 0.505 e. The van der Waals surface area contributed by atoms with Crippen LogP contribution in [0.5, 0.6) is 5.75 Å². The molecular formula is C13H19FN2O. The molecule has 1 unspecified atom stereocenters. The van der Waals surface area contributed by atoms with E-state index in [1.807, 2.05) is 0 Å². The molecule has 0 spiro atoms. The van der Waals surface area contributed by atoms with Crippen LogP contribution >= 0.6 is 0 Å². The maximum Gasteiger partial charge on any atom is 0.165 e. The lowest BCUT2D eigenvalue weighted by molar-refractivity contribution is 0.264. The summed E-state index contributed by atoms with van der Waals surface area (Å²) in [6.45, 7) is 2.82. The van der Waals surface area contributed by atoms with Crippen molar-refractivity contribution in [3.8, 4) is 5.75 Å². The highest BCUT2D eigenvalue weighted by Gasteiger charge is 2.23. The Hall–Kier alpha value is -1.13. The van der Waals surface area contributed by atoms with E-state index in [0.717, 1.165) is 31.6 Å². The second-order valence-corrected chi connectivity index (χ2v) is 4.93. The van der Waals surface area contributed by atoms with Crippen molar-refractivity contribution in [3.05, 3.63) is 29.6 Å². The van der Waals surface area contributed by atoms with Gasteiger partial charge in [-0.15, -0.1) is 0 Å². The van der Waals surface area contributed by atoms with Gasteiger partial charge in [0.2, 0.25) is 0 Å². The fraction of sp³-hybridized carbons (Fsp3) is 0.538. The summed E-state index contributed by atoms with van der Waals surface area (Å²) in [6, 6.07) is 5.21. The van der Waals surface area contributed by atoms with Gasteiger partial charge in [-0.2, -0.15) is 0 Å². The number of hydrogen-bond donors (Lipinski definition) is 1. The second-order valence-electron chi connectivity index (χ2n) is 4.93. The topological polar surface area (TPSA) is 26.7 Å². The number of benzene rings is 1. The number of aromatic hydroxyl groups is 1. The van der Waals surface area contributed by atoms with Gasteiger partial charge in [0.15, 0.2) is 11.6 Å². The lowest BCUT2D eigenvalue weighted by atomic mass is 10.2. The zero-order valence-corrected chi connectivity index (χ0v) is 10.4. The molecule has 4 heteroatoms. The number of rotatable bonds is 3. The van der Waals surface area contributed by atoms with Gasteiger partial charge in [-0.25, -0.2) is 4.39 Å². The molecule has 1 atom stereocenters. The molecule has 0 aliphatic carbocycles. The zero-order valence-electron chi connectivity index (χ0n) is 10.4. The molecule has 1 aromatic carbocycles. The Morgan fingerprint density at radius 2 is 2.24 bits per heavy atom. The molecule has 0 radical (unpaired) electrons. The molecule has 1 fully saturated rings. The first-order valence-corrected chi connectivity index (χ1v) is 5.92. The zero-order chi connectivity index (χ0) is 12.4. The molecule has 17 heavy (non-hydrogen) atoms. The third-order valence-corrected chi connectivity index (χ3v) is 3.40. The summed E-state index contributed by atoms with van der Waals surface area (Å²) in [5, 5.41) is 9.12. The minimum Gasteiger partial charge on any atom is -0.505 e. The maximum absolute atomic E-state index is 13.2. The average molecular weight is 238 g/mol. The minimum absolute atomic E-state index is 0.277. The summed E-state index contributed by atoms with van der Waals surface area (Å²) in [4.78, 5) is 4.55. The Bertz CT molecular complexity index is 395. The van der Waals surface area contributed by atoms with E-state index in [0.29, 0.717) is 6.04 Å². The van der Waals surface area contributed by atoms with Crippen LogP contribution in [0.4, 0.5) is 4.39 Å². The molecule has 2 rings (SSSR count). The third-order valence-electron chi connectivity index (χ3n) is 3.40. The summed E-state index contributed by atoms with van der Waals surface area (Å²) in [5.74, 6) is -0.813. The number of halogens is 1. The van der Waals surface area contributed by atoms with E-state index < -0.39 is 5.82 Å². The molecule has 1 saturated heterocycles. The van der Waals surface area contributed by atoms with Crippen LogP contribution in [0.15, 0.2) is 18.2 Å². The van der Waals surface area contributed by atoms with Gasteiger partial charge in [-0.3, -0.25) is 4.90 Å². The van der Waals surface area contributed by atoms with Crippen molar-refractivity contribution in [3.63, 3.8) is 0 Å². The second kappa shape index (κ2) is 5.02. The van der Waals surface area contributed by atoms with Crippen molar-refractivity contribution in [1.29, 1.82) is 0 Å². The fourth-order valence-electron chi connectivity index (χ4n) is 2.28. The predicted octanol–water partition coefficient (Wildman–Crippen LogP) is 1.67. The maximum atomic E-state index is 13.2. The molecule has 0 bridgehead atoms. The van der Waals surface area contributed by atoms with Gasteiger partial charge < -0.3 is 10.0 Å².